The summed E-state index contributed by atoms with van der Waals surface area (Å²) in [5, 5.41) is 23.5. The number of pyridine rings is 1. The summed E-state index contributed by atoms with van der Waals surface area (Å²) in [7, 11) is 0. The average Bonchev–Trinajstić information content (AvgIpc) is 2.48. The van der Waals surface area contributed by atoms with Crippen molar-refractivity contribution < 1.29 is 14.6 Å². The topological polar surface area (TPSA) is 128 Å². The van der Waals surface area contributed by atoms with Crippen LogP contribution >= 0.6 is 0 Å². The lowest BCUT2D eigenvalue weighted by Gasteiger charge is -2.03. The second-order valence-corrected chi connectivity index (χ2v) is 3.92. The molecular formula is C12H8N4O5. The van der Waals surface area contributed by atoms with E-state index < -0.39 is 15.8 Å². The molecule has 0 radical (unpaired) electrons. The molecule has 1 amide bonds. The number of rotatable bonds is 4. The Morgan fingerprint density at radius 3 is 2.33 bits per heavy atom. The Morgan fingerprint density at radius 1 is 1.05 bits per heavy atom. The number of anilines is 1. The van der Waals surface area contributed by atoms with Gasteiger partial charge in [-0.25, -0.2) is 4.98 Å². The summed E-state index contributed by atoms with van der Waals surface area (Å²) in [5.74, 6) is -0.489. The Kier molecular flexibility index (Phi) is 3.84. The molecule has 0 saturated heterocycles. The summed E-state index contributed by atoms with van der Waals surface area (Å²) in [6.07, 6.45) is 1.00. The van der Waals surface area contributed by atoms with Crippen LogP contribution in [0.4, 0.5) is 17.2 Å². The Balaban J connectivity index is 2.16. The van der Waals surface area contributed by atoms with Gasteiger partial charge in [0.2, 0.25) is 0 Å². The van der Waals surface area contributed by atoms with Crippen LogP contribution in [0.5, 0.6) is 0 Å². The number of non-ortho nitro benzene ring substituents is 1. The van der Waals surface area contributed by atoms with E-state index in [1.807, 2.05) is 0 Å². The molecule has 0 spiro atoms. The van der Waals surface area contributed by atoms with E-state index in [2.05, 4.69) is 10.3 Å². The van der Waals surface area contributed by atoms with Crippen molar-refractivity contribution in [2.24, 2.45) is 0 Å². The van der Waals surface area contributed by atoms with E-state index in [0.29, 0.717) is 0 Å². The van der Waals surface area contributed by atoms with Crippen molar-refractivity contribution in [3.8, 4) is 0 Å². The minimum absolute atomic E-state index is 0.0874. The minimum atomic E-state index is -0.612. The molecule has 0 atom stereocenters. The van der Waals surface area contributed by atoms with Crippen LogP contribution in [-0.4, -0.2) is 20.7 Å². The maximum absolute atomic E-state index is 11.9. The van der Waals surface area contributed by atoms with E-state index in [1.165, 1.54) is 30.3 Å². The lowest BCUT2D eigenvalue weighted by molar-refractivity contribution is -0.385. The number of aromatic nitrogens is 1. The highest BCUT2D eigenvalue weighted by molar-refractivity contribution is 6.04. The number of nitro benzene ring substituents is 1. The molecule has 0 unspecified atom stereocenters. The number of nitrogens with one attached hydrogen (secondary N) is 1. The van der Waals surface area contributed by atoms with E-state index in [0.717, 1.165) is 12.3 Å². The van der Waals surface area contributed by atoms with Gasteiger partial charge in [0, 0.05) is 23.8 Å². The molecule has 9 heteroatoms. The molecule has 0 aliphatic heterocycles. The zero-order valence-electron chi connectivity index (χ0n) is 10.4. The Labute approximate surface area is 117 Å². The standard InChI is InChI=1S/C12H8N4O5/c17-12(8-2-1-3-9(6-8)15(18)19)14-11-5-4-10(7-13-11)16(20)21/h1-7H,(H,13,14,17). The van der Waals surface area contributed by atoms with Crippen LogP contribution in [0.2, 0.25) is 0 Å². The molecule has 0 bridgehead atoms. The molecule has 1 N–H and O–H groups in total. The molecule has 21 heavy (non-hydrogen) atoms. The van der Waals surface area contributed by atoms with Gasteiger partial charge in [-0.15, -0.1) is 0 Å². The zero-order chi connectivity index (χ0) is 15.4. The minimum Gasteiger partial charge on any atom is -0.307 e. The average molecular weight is 288 g/mol. The van der Waals surface area contributed by atoms with Crippen LogP contribution in [0.15, 0.2) is 42.6 Å². The Hall–Kier alpha value is -3.36. The van der Waals surface area contributed by atoms with Crippen LogP contribution in [0.1, 0.15) is 10.4 Å². The van der Waals surface area contributed by atoms with Crippen molar-refractivity contribution in [2.45, 2.75) is 0 Å². The third-order valence-corrected chi connectivity index (χ3v) is 2.52. The molecule has 0 aliphatic carbocycles. The molecule has 0 saturated carbocycles. The van der Waals surface area contributed by atoms with Crippen molar-refractivity contribution in [1.29, 1.82) is 0 Å². The number of benzene rings is 1. The first-order valence-electron chi connectivity index (χ1n) is 5.63. The van der Waals surface area contributed by atoms with E-state index >= 15 is 0 Å². The van der Waals surface area contributed by atoms with Gasteiger partial charge in [0.25, 0.3) is 17.3 Å². The molecule has 1 aromatic heterocycles. The quantitative estimate of drug-likeness (QED) is 0.677. The van der Waals surface area contributed by atoms with E-state index in [9.17, 15) is 25.0 Å². The van der Waals surface area contributed by atoms with Gasteiger partial charge >= 0.3 is 0 Å². The predicted octanol–water partition coefficient (Wildman–Crippen LogP) is 2.15. The summed E-state index contributed by atoms with van der Waals surface area (Å²) in [4.78, 5) is 35.5. The molecule has 0 aliphatic rings. The van der Waals surface area contributed by atoms with Gasteiger partial charge in [-0.05, 0) is 12.1 Å². The first-order valence-corrected chi connectivity index (χ1v) is 5.63. The van der Waals surface area contributed by atoms with E-state index in [-0.39, 0.29) is 22.8 Å². The van der Waals surface area contributed by atoms with Crippen molar-refractivity contribution in [1.82, 2.24) is 4.98 Å². The van der Waals surface area contributed by atoms with Crippen molar-refractivity contribution in [3.63, 3.8) is 0 Å². The number of hydrogen-bond donors (Lipinski definition) is 1. The monoisotopic (exact) mass is 288 g/mol. The predicted molar refractivity (Wildman–Crippen MR) is 71.9 cm³/mol. The van der Waals surface area contributed by atoms with Gasteiger partial charge in [-0.3, -0.25) is 25.0 Å². The van der Waals surface area contributed by atoms with Gasteiger partial charge in [-0.1, -0.05) is 6.07 Å². The fraction of sp³-hybridized carbons (Fsp3) is 0. The third kappa shape index (κ3) is 3.35. The summed E-state index contributed by atoms with van der Waals surface area (Å²) in [6.45, 7) is 0. The van der Waals surface area contributed by atoms with E-state index in [1.54, 1.807) is 0 Å². The highest BCUT2D eigenvalue weighted by Gasteiger charge is 2.13. The van der Waals surface area contributed by atoms with Gasteiger partial charge in [-0.2, -0.15) is 0 Å². The molecular weight excluding hydrogens is 280 g/mol. The highest BCUT2D eigenvalue weighted by Crippen LogP contribution is 2.16. The molecule has 0 fully saturated rings. The molecule has 2 aromatic rings. The van der Waals surface area contributed by atoms with Crippen LogP contribution in [-0.2, 0) is 0 Å². The lowest BCUT2D eigenvalue weighted by Crippen LogP contribution is -2.13. The first kappa shape index (κ1) is 14.1. The van der Waals surface area contributed by atoms with Gasteiger partial charge < -0.3 is 5.32 Å². The second kappa shape index (κ2) is 5.74. The van der Waals surface area contributed by atoms with Crippen molar-refractivity contribution in [3.05, 3.63) is 68.4 Å². The van der Waals surface area contributed by atoms with Gasteiger partial charge in [0.15, 0.2) is 0 Å². The normalized spacial score (nSPS) is 9.90. The molecule has 106 valence electrons. The van der Waals surface area contributed by atoms with Crippen LogP contribution in [0.3, 0.4) is 0 Å². The van der Waals surface area contributed by atoms with Crippen molar-refractivity contribution >= 4 is 23.1 Å². The van der Waals surface area contributed by atoms with Gasteiger partial charge in [0.05, 0.1) is 9.85 Å². The smallest absolute Gasteiger partial charge is 0.287 e. The Morgan fingerprint density at radius 2 is 1.76 bits per heavy atom. The highest BCUT2D eigenvalue weighted by atomic mass is 16.6. The fourth-order valence-corrected chi connectivity index (χ4v) is 1.52. The number of carbonyl (C=O) groups is 1. The number of nitrogens with zero attached hydrogens (tertiary/aromatic N) is 3. The largest absolute Gasteiger partial charge is 0.307 e. The zero-order valence-corrected chi connectivity index (χ0v) is 10.4. The molecule has 1 aromatic carbocycles. The molecule has 1 heterocycles. The number of hydrogen-bond acceptors (Lipinski definition) is 6. The van der Waals surface area contributed by atoms with Crippen LogP contribution in [0.25, 0.3) is 0 Å². The van der Waals surface area contributed by atoms with E-state index in [4.69, 9.17) is 0 Å². The maximum Gasteiger partial charge on any atom is 0.287 e. The summed E-state index contributed by atoms with van der Waals surface area (Å²) in [6, 6.07) is 7.65. The summed E-state index contributed by atoms with van der Waals surface area (Å²) in [5.41, 5.74) is -0.327. The molecule has 2 rings (SSSR count). The second-order valence-electron chi connectivity index (χ2n) is 3.92. The summed E-state index contributed by atoms with van der Waals surface area (Å²) < 4.78 is 0. The SMILES string of the molecule is O=C(Nc1ccc([N+](=O)[O-])cn1)c1cccc([N+](=O)[O-])c1. The fourth-order valence-electron chi connectivity index (χ4n) is 1.52. The maximum atomic E-state index is 11.9. The first-order chi connectivity index (χ1) is 9.97. The summed E-state index contributed by atoms with van der Waals surface area (Å²) >= 11 is 0. The van der Waals surface area contributed by atoms with Gasteiger partial charge in [0.1, 0.15) is 12.0 Å². The number of nitro groups is 2. The number of amides is 1. The lowest BCUT2D eigenvalue weighted by atomic mass is 10.2. The van der Waals surface area contributed by atoms with Crippen LogP contribution in [0, 0.1) is 20.2 Å². The Bertz CT molecular complexity index is 714. The number of carbonyl (C=O) groups excluding carboxylic acids is 1. The van der Waals surface area contributed by atoms with Crippen molar-refractivity contribution in [2.75, 3.05) is 5.32 Å². The molecule has 9 nitrogen and oxygen atoms in total. The third-order valence-electron chi connectivity index (χ3n) is 2.52. The van der Waals surface area contributed by atoms with Crippen LogP contribution < -0.4 is 5.32 Å².